The van der Waals surface area contributed by atoms with Crippen LogP contribution in [0.5, 0.6) is 0 Å². The molecule has 1 unspecified atom stereocenters. The van der Waals surface area contributed by atoms with Crippen LogP contribution in [0.3, 0.4) is 0 Å². The number of hydrogen-bond acceptors (Lipinski definition) is 3. The van der Waals surface area contributed by atoms with E-state index in [1.807, 2.05) is 0 Å². The van der Waals surface area contributed by atoms with E-state index in [1.165, 1.54) is 32.1 Å². The third kappa shape index (κ3) is 23.0. The summed E-state index contributed by atoms with van der Waals surface area (Å²) in [5.41, 5.74) is 0. The Morgan fingerprint density at radius 3 is 1.85 bits per heavy atom. The third-order valence-electron chi connectivity index (χ3n) is 2.65. The molecule has 6 heteroatoms. The van der Waals surface area contributed by atoms with E-state index in [1.54, 1.807) is 13.8 Å². The molecule has 20 heavy (non-hydrogen) atoms. The van der Waals surface area contributed by atoms with Crippen molar-refractivity contribution in [3.63, 3.8) is 0 Å². The van der Waals surface area contributed by atoms with Gasteiger partial charge in [0.2, 0.25) is 0 Å². The van der Waals surface area contributed by atoms with E-state index < -0.39 is 18.0 Å². The van der Waals surface area contributed by atoms with Crippen LogP contribution in [0.2, 0.25) is 0 Å². The number of aliphatic carboxylic acids is 2. The minimum atomic E-state index is -0.768. The Morgan fingerprint density at radius 2 is 1.45 bits per heavy atom. The molecule has 0 saturated carbocycles. The van der Waals surface area contributed by atoms with Crippen LogP contribution in [0.25, 0.3) is 0 Å². The standard InChI is InChI=1S/C11H23NO2.C3H6O2.Na.H/c1-3-4-5-6-7-8-9-12-10(2)11(13)14;1-2-3(4)5;;/h10,12H,3-9H2,1-2H3,(H,13,14);2H2,1H3,(H,4,5);;. The average molecular weight is 299 g/mol. The number of carboxylic acid groups (broad SMARTS) is 2. The first kappa shape index (κ1) is 24.9. The molecule has 0 amide bonds. The maximum absolute atomic E-state index is 10.4. The molecule has 0 aromatic carbocycles. The van der Waals surface area contributed by atoms with Crippen molar-refractivity contribution in [2.75, 3.05) is 6.54 Å². The Morgan fingerprint density at radius 1 is 1.00 bits per heavy atom. The molecule has 0 aromatic heterocycles. The third-order valence-corrected chi connectivity index (χ3v) is 2.65. The number of carboxylic acids is 2. The van der Waals surface area contributed by atoms with Gasteiger partial charge in [-0.2, -0.15) is 0 Å². The summed E-state index contributed by atoms with van der Waals surface area (Å²) in [6.07, 6.45) is 7.69. The molecule has 0 aliphatic heterocycles. The summed E-state index contributed by atoms with van der Waals surface area (Å²) >= 11 is 0. The molecule has 0 bridgehead atoms. The van der Waals surface area contributed by atoms with E-state index in [0.29, 0.717) is 0 Å². The fourth-order valence-electron chi connectivity index (χ4n) is 1.31. The van der Waals surface area contributed by atoms with Crippen LogP contribution in [-0.2, 0) is 9.59 Å². The first-order chi connectivity index (χ1) is 8.95. The summed E-state index contributed by atoms with van der Waals surface area (Å²) in [6.45, 7) is 6.30. The normalized spacial score (nSPS) is 10.8. The summed E-state index contributed by atoms with van der Waals surface area (Å²) in [6, 6.07) is -0.411. The number of unbranched alkanes of at least 4 members (excludes halogenated alkanes) is 5. The molecule has 0 radical (unpaired) electrons. The first-order valence-corrected chi connectivity index (χ1v) is 7.13. The summed E-state index contributed by atoms with van der Waals surface area (Å²) in [5.74, 6) is -1.51. The van der Waals surface area contributed by atoms with E-state index in [0.717, 1.165) is 13.0 Å². The topological polar surface area (TPSA) is 86.6 Å². The van der Waals surface area contributed by atoms with Gasteiger partial charge in [0.05, 0.1) is 0 Å². The zero-order valence-corrected chi connectivity index (χ0v) is 12.4. The fourth-order valence-corrected chi connectivity index (χ4v) is 1.31. The minimum absolute atomic E-state index is 0. The summed E-state index contributed by atoms with van der Waals surface area (Å²) in [4.78, 5) is 19.8. The molecule has 0 saturated heterocycles. The van der Waals surface area contributed by atoms with Crippen molar-refractivity contribution in [1.82, 2.24) is 5.32 Å². The zero-order chi connectivity index (χ0) is 15.1. The molecule has 1 atom stereocenters. The predicted molar refractivity (Wildman–Crippen MR) is 83.6 cm³/mol. The molecule has 3 N–H and O–H groups in total. The Bertz CT molecular complexity index is 237. The maximum atomic E-state index is 10.4. The molecule has 0 rings (SSSR count). The number of rotatable bonds is 10. The van der Waals surface area contributed by atoms with E-state index >= 15 is 0 Å². The molecule has 0 heterocycles. The van der Waals surface area contributed by atoms with Crippen LogP contribution in [-0.4, -0.2) is 64.3 Å². The molecule has 0 spiro atoms. The van der Waals surface area contributed by atoms with Crippen molar-refractivity contribution in [1.29, 1.82) is 0 Å². The van der Waals surface area contributed by atoms with Crippen LogP contribution < -0.4 is 5.32 Å². The monoisotopic (exact) mass is 299 g/mol. The van der Waals surface area contributed by atoms with Crippen molar-refractivity contribution in [3.8, 4) is 0 Å². The van der Waals surface area contributed by atoms with E-state index in [4.69, 9.17) is 10.2 Å². The Balaban J connectivity index is -0.000000414. The van der Waals surface area contributed by atoms with E-state index in [9.17, 15) is 9.59 Å². The molecule has 0 aliphatic carbocycles. The van der Waals surface area contributed by atoms with Crippen molar-refractivity contribution in [2.45, 2.75) is 71.8 Å². The van der Waals surface area contributed by atoms with Gasteiger partial charge >= 0.3 is 41.5 Å². The van der Waals surface area contributed by atoms with Gasteiger partial charge in [-0.05, 0) is 19.9 Å². The number of carbonyl (C=O) groups is 2. The molecule has 116 valence electrons. The fraction of sp³-hybridized carbons (Fsp3) is 0.857. The molecule has 0 aromatic rings. The van der Waals surface area contributed by atoms with Gasteiger partial charge < -0.3 is 15.5 Å². The van der Waals surface area contributed by atoms with Crippen molar-refractivity contribution in [3.05, 3.63) is 0 Å². The molecule has 0 fully saturated rings. The van der Waals surface area contributed by atoms with Crippen LogP contribution in [0.4, 0.5) is 0 Å². The van der Waals surface area contributed by atoms with Gasteiger partial charge in [-0.25, -0.2) is 0 Å². The van der Waals surface area contributed by atoms with Gasteiger partial charge in [-0.3, -0.25) is 9.59 Å². The van der Waals surface area contributed by atoms with Gasteiger partial charge in [0, 0.05) is 6.42 Å². The first-order valence-electron chi connectivity index (χ1n) is 7.13. The second-order valence-corrected chi connectivity index (χ2v) is 4.53. The second kappa shape index (κ2) is 18.9. The number of nitrogens with one attached hydrogen (secondary N) is 1. The van der Waals surface area contributed by atoms with Crippen LogP contribution in [0.1, 0.15) is 65.7 Å². The molecular formula is C14H30NNaO4. The average Bonchev–Trinajstić information content (AvgIpc) is 2.38. The van der Waals surface area contributed by atoms with Gasteiger partial charge in [0.1, 0.15) is 6.04 Å². The molecule has 5 nitrogen and oxygen atoms in total. The Hall–Kier alpha value is -0.100. The van der Waals surface area contributed by atoms with Crippen LogP contribution in [0, 0.1) is 0 Å². The SMILES string of the molecule is CCC(=O)O.CCCCCCCCNC(C)C(=O)O.[NaH]. The van der Waals surface area contributed by atoms with Crippen LogP contribution in [0.15, 0.2) is 0 Å². The summed E-state index contributed by atoms with van der Waals surface area (Å²) in [7, 11) is 0. The quantitative estimate of drug-likeness (QED) is 0.425. The van der Waals surface area contributed by atoms with E-state index in [2.05, 4.69) is 12.2 Å². The van der Waals surface area contributed by atoms with Crippen molar-refractivity contribution < 1.29 is 19.8 Å². The molecule has 0 aliphatic rings. The summed E-state index contributed by atoms with van der Waals surface area (Å²) < 4.78 is 0. The predicted octanol–water partition coefficient (Wildman–Crippen LogP) is 2.24. The van der Waals surface area contributed by atoms with Gasteiger partial charge in [0.25, 0.3) is 0 Å². The Labute approximate surface area is 144 Å². The van der Waals surface area contributed by atoms with E-state index in [-0.39, 0.29) is 36.0 Å². The second-order valence-electron chi connectivity index (χ2n) is 4.53. The van der Waals surface area contributed by atoms with Crippen molar-refractivity contribution >= 4 is 41.5 Å². The zero-order valence-electron chi connectivity index (χ0n) is 12.4. The van der Waals surface area contributed by atoms with Crippen LogP contribution >= 0.6 is 0 Å². The Kier molecular flexibility index (Phi) is 23.5. The van der Waals surface area contributed by atoms with Crippen molar-refractivity contribution in [2.24, 2.45) is 0 Å². The van der Waals surface area contributed by atoms with Gasteiger partial charge in [0.15, 0.2) is 0 Å². The summed E-state index contributed by atoms with van der Waals surface area (Å²) in [5, 5.41) is 19.3. The number of hydrogen-bond donors (Lipinski definition) is 3. The molecular weight excluding hydrogens is 269 g/mol. The van der Waals surface area contributed by atoms with Gasteiger partial charge in [-0.1, -0.05) is 46.0 Å². The van der Waals surface area contributed by atoms with Gasteiger partial charge in [-0.15, -0.1) is 0 Å².